The van der Waals surface area contributed by atoms with E-state index in [9.17, 15) is 14.4 Å². The number of aromatic nitrogens is 1. The third-order valence-electron chi connectivity index (χ3n) is 2.95. The van der Waals surface area contributed by atoms with Crippen LogP contribution in [-0.2, 0) is 18.9 Å². The summed E-state index contributed by atoms with van der Waals surface area (Å²) in [7, 11) is 1.24. The molecule has 1 amide bonds. The predicted octanol–water partition coefficient (Wildman–Crippen LogP) is 1.61. The minimum Gasteiger partial charge on any atom is -0.464 e. The normalized spacial score (nSPS) is 11.0. The molecule has 150 valence electrons. The van der Waals surface area contributed by atoms with Crippen LogP contribution in [0.2, 0.25) is 0 Å². The second-order valence-electron chi connectivity index (χ2n) is 6.42. The van der Waals surface area contributed by atoms with Gasteiger partial charge in [0.05, 0.1) is 26.9 Å². The molecule has 0 unspecified atom stereocenters. The molecule has 0 saturated heterocycles. The number of carbonyl (C=O) groups is 3. The molecule has 1 aromatic heterocycles. The molecule has 1 rings (SSSR count). The third-order valence-corrected chi connectivity index (χ3v) is 2.95. The zero-order valence-electron chi connectivity index (χ0n) is 16.1. The number of ether oxygens (including phenoxy) is 4. The highest BCUT2D eigenvalue weighted by Crippen LogP contribution is 2.06. The molecule has 0 saturated carbocycles. The predicted molar refractivity (Wildman–Crippen MR) is 95.8 cm³/mol. The summed E-state index contributed by atoms with van der Waals surface area (Å²) >= 11 is 0. The number of nitrogens with one attached hydrogen (secondary N) is 1. The first-order chi connectivity index (χ1) is 12.7. The van der Waals surface area contributed by atoms with Crippen LogP contribution in [-0.4, -0.2) is 68.5 Å². The average Bonchev–Trinajstić information content (AvgIpc) is 2.61. The Kier molecular flexibility index (Phi) is 9.38. The SMILES string of the molecule is COC(=O)c1cccc(C(=O)COCCOCCNC(=O)OC(C)(C)C)n1. The molecule has 1 N–H and O–H groups in total. The van der Waals surface area contributed by atoms with Gasteiger partial charge in [-0.25, -0.2) is 14.6 Å². The molecule has 0 aliphatic carbocycles. The number of amides is 1. The number of esters is 1. The van der Waals surface area contributed by atoms with Crippen LogP contribution in [0.3, 0.4) is 0 Å². The van der Waals surface area contributed by atoms with Gasteiger partial charge in [0.15, 0.2) is 0 Å². The van der Waals surface area contributed by atoms with Gasteiger partial charge in [0.1, 0.15) is 23.6 Å². The molecular formula is C18H26N2O7. The second kappa shape index (κ2) is 11.2. The highest BCUT2D eigenvalue weighted by Gasteiger charge is 2.15. The Bertz CT molecular complexity index is 641. The highest BCUT2D eigenvalue weighted by atomic mass is 16.6. The topological polar surface area (TPSA) is 113 Å². The monoisotopic (exact) mass is 382 g/mol. The van der Waals surface area contributed by atoms with Crippen molar-refractivity contribution in [1.82, 2.24) is 10.3 Å². The van der Waals surface area contributed by atoms with Gasteiger partial charge in [-0.3, -0.25) is 4.79 Å². The minimum absolute atomic E-state index is 0.0594. The highest BCUT2D eigenvalue weighted by molar-refractivity contribution is 5.96. The number of alkyl carbamates (subject to hydrolysis) is 1. The van der Waals surface area contributed by atoms with Crippen molar-refractivity contribution in [3.63, 3.8) is 0 Å². The first-order valence-electron chi connectivity index (χ1n) is 8.44. The van der Waals surface area contributed by atoms with Gasteiger partial charge in [0.25, 0.3) is 0 Å². The molecule has 27 heavy (non-hydrogen) atoms. The zero-order valence-corrected chi connectivity index (χ0v) is 16.1. The summed E-state index contributed by atoms with van der Waals surface area (Å²) < 4.78 is 20.1. The second-order valence-corrected chi connectivity index (χ2v) is 6.42. The average molecular weight is 382 g/mol. The maximum atomic E-state index is 12.0. The maximum absolute atomic E-state index is 12.0. The van der Waals surface area contributed by atoms with E-state index in [1.807, 2.05) is 0 Å². The fourth-order valence-electron chi connectivity index (χ4n) is 1.81. The molecule has 0 aromatic carbocycles. The summed E-state index contributed by atoms with van der Waals surface area (Å²) in [4.78, 5) is 38.7. The Morgan fingerprint density at radius 2 is 1.70 bits per heavy atom. The van der Waals surface area contributed by atoms with E-state index in [4.69, 9.17) is 14.2 Å². The number of hydrogen-bond acceptors (Lipinski definition) is 8. The summed E-state index contributed by atoms with van der Waals surface area (Å²) in [5.74, 6) is -0.966. The molecule has 9 heteroatoms. The third kappa shape index (κ3) is 9.66. The minimum atomic E-state index is -0.612. The van der Waals surface area contributed by atoms with Crippen LogP contribution in [0.1, 0.15) is 41.7 Å². The van der Waals surface area contributed by atoms with Crippen LogP contribution >= 0.6 is 0 Å². The molecule has 0 aliphatic heterocycles. The quantitative estimate of drug-likeness (QED) is 0.369. The molecule has 0 fully saturated rings. The van der Waals surface area contributed by atoms with E-state index in [1.54, 1.807) is 26.8 Å². The Balaban J connectivity index is 2.15. The molecule has 1 heterocycles. The van der Waals surface area contributed by atoms with Crippen molar-refractivity contribution in [3.05, 3.63) is 29.6 Å². The molecule has 0 atom stereocenters. The fraction of sp³-hybridized carbons (Fsp3) is 0.556. The van der Waals surface area contributed by atoms with Gasteiger partial charge >= 0.3 is 12.1 Å². The van der Waals surface area contributed by atoms with Crippen molar-refractivity contribution in [3.8, 4) is 0 Å². The van der Waals surface area contributed by atoms with E-state index in [-0.39, 0.29) is 37.0 Å². The van der Waals surface area contributed by atoms with Gasteiger partial charge in [-0.2, -0.15) is 0 Å². The number of rotatable bonds is 10. The Morgan fingerprint density at radius 3 is 2.37 bits per heavy atom. The largest absolute Gasteiger partial charge is 0.464 e. The first-order valence-corrected chi connectivity index (χ1v) is 8.44. The van der Waals surface area contributed by atoms with Crippen LogP contribution in [0, 0.1) is 0 Å². The molecule has 0 aliphatic rings. The Morgan fingerprint density at radius 1 is 1.04 bits per heavy atom. The van der Waals surface area contributed by atoms with Gasteiger partial charge in [0, 0.05) is 6.54 Å². The summed E-state index contributed by atoms with van der Waals surface area (Å²) in [6.45, 7) is 6.22. The van der Waals surface area contributed by atoms with Crippen LogP contribution in [0.4, 0.5) is 4.79 Å². The van der Waals surface area contributed by atoms with E-state index in [0.717, 1.165) is 0 Å². The van der Waals surface area contributed by atoms with Gasteiger partial charge in [-0.1, -0.05) is 6.07 Å². The summed E-state index contributed by atoms with van der Waals surface area (Å²) in [5.41, 5.74) is -0.360. The van der Waals surface area contributed by atoms with E-state index in [2.05, 4.69) is 15.0 Å². The number of carbonyl (C=O) groups excluding carboxylic acids is 3. The van der Waals surface area contributed by atoms with Crippen molar-refractivity contribution in [2.45, 2.75) is 26.4 Å². The summed E-state index contributed by atoms with van der Waals surface area (Å²) in [5, 5.41) is 2.56. The van der Waals surface area contributed by atoms with E-state index in [1.165, 1.54) is 19.2 Å². The van der Waals surface area contributed by atoms with Crippen LogP contribution in [0.15, 0.2) is 18.2 Å². The molecule has 1 aromatic rings. The summed E-state index contributed by atoms with van der Waals surface area (Å²) in [6, 6.07) is 4.51. The number of ketones is 1. The standard InChI is InChI=1S/C18H26N2O7/c1-18(2,3)27-17(23)19-8-9-25-10-11-26-12-15(21)13-6-5-7-14(20-13)16(22)24-4/h5-7H,8-12H2,1-4H3,(H,19,23). The van der Waals surface area contributed by atoms with Gasteiger partial charge in [-0.15, -0.1) is 0 Å². The molecular weight excluding hydrogens is 356 g/mol. The smallest absolute Gasteiger partial charge is 0.407 e. The molecule has 0 spiro atoms. The van der Waals surface area contributed by atoms with Crippen molar-refractivity contribution < 1.29 is 33.3 Å². The lowest BCUT2D eigenvalue weighted by Crippen LogP contribution is -2.34. The summed E-state index contributed by atoms with van der Waals surface area (Å²) in [6.07, 6.45) is -0.505. The van der Waals surface area contributed by atoms with Crippen LogP contribution < -0.4 is 5.32 Å². The van der Waals surface area contributed by atoms with Crippen molar-refractivity contribution in [1.29, 1.82) is 0 Å². The molecule has 0 radical (unpaired) electrons. The van der Waals surface area contributed by atoms with E-state index in [0.29, 0.717) is 13.2 Å². The lowest BCUT2D eigenvalue weighted by Gasteiger charge is -2.19. The zero-order chi connectivity index (χ0) is 20.3. The van der Waals surface area contributed by atoms with E-state index < -0.39 is 17.7 Å². The van der Waals surface area contributed by atoms with Gasteiger partial charge in [0.2, 0.25) is 5.78 Å². The molecule has 0 bridgehead atoms. The maximum Gasteiger partial charge on any atom is 0.407 e. The van der Waals surface area contributed by atoms with Crippen LogP contribution in [0.5, 0.6) is 0 Å². The number of methoxy groups -OCH3 is 1. The van der Waals surface area contributed by atoms with Crippen molar-refractivity contribution >= 4 is 17.8 Å². The number of nitrogens with zero attached hydrogens (tertiary/aromatic N) is 1. The fourth-order valence-corrected chi connectivity index (χ4v) is 1.81. The number of Topliss-reactive ketones (excluding diaryl/α,β-unsaturated/α-hetero) is 1. The lowest BCUT2D eigenvalue weighted by atomic mass is 10.2. The van der Waals surface area contributed by atoms with E-state index >= 15 is 0 Å². The molecule has 9 nitrogen and oxygen atoms in total. The van der Waals surface area contributed by atoms with Crippen molar-refractivity contribution in [2.24, 2.45) is 0 Å². The van der Waals surface area contributed by atoms with Crippen molar-refractivity contribution in [2.75, 3.05) is 40.1 Å². The first kappa shape index (κ1) is 22.5. The van der Waals surface area contributed by atoms with Gasteiger partial charge in [-0.05, 0) is 32.9 Å². The van der Waals surface area contributed by atoms with Crippen LogP contribution in [0.25, 0.3) is 0 Å². The number of hydrogen-bond donors (Lipinski definition) is 1. The number of pyridine rings is 1. The van der Waals surface area contributed by atoms with Gasteiger partial charge < -0.3 is 24.3 Å². The Hall–Kier alpha value is -2.52. The lowest BCUT2D eigenvalue weighted by molar-refractivity contribution is 0.0380. The Labute approximate surface area is 158 Å².